The highest BCUT2D eigenvalue weighted by molar-refractivity contribution is 5.49. The highest BCUT2D eigenvalue weighted by atomic mass is 16.3. The molecule has 0 unspecified atom stereocenters. The summed E-state index contributed by atoms with van der Waals surface area (Å²) in [6, 6.07) is 0. The van der Waals surface area contributed by atoms with Crippen molar-refractivity contribution in [3.05, 3.63) is 11.3 Å². The maximum atomic E-state index is 9.35. The van der Waals surface area contributed by atoms with Crippen LogP contribution in [0.1, 0.15) is 24.1 Å². The van der Waals surface area contributed by atoms with E-state index in [1.54, 1.807) is 0 Å². The standard InChI is InChI=1S/C13H24N4O/c1-9-12(7-14-2)13(17(4)15-9)16(3)8-10-5-11(18)6-10/h10-11,14,18H,5-8H2,1-4H3. The molecule has 0 saturated heterocycles. The molecule has 1 saturated carbocycles. The molecular weight excluding hydrogens is 228 g/mol. The van der Waals surface area contributed by atoms with Crippen molar-refractivity contribution in [3.8, 4) is 0 Å². The van der Waals surface area contributed by atoms with Gasteiger partial charge in [0.2, 0.25) is 0 Å². The van der Waals surface area contributed by atoms with Crippen molar-refractivity contribution >= 4 is 5.82 Å². The summed E-state index contributed by atoms with van der Waals surface area (Å²) in [6.07, 6.45) is 1.79. The lowest BCUT2D eigenvalue weighted by molar-refractivity contribution is 0.0463. The van der Waals surface area contributed by atoms with Gasteiger partial charge < -0.3 is 15.3 Å². The molecule has 2 rings (SSSR count). The van der Waals surface area contributed by atoms with Crippen LogP contribution in [0.3, 0.4) is 0 Å². The number of nitrogens with zero attached hydrogens (tertiary/aromatic N) is 3. The van der Waals surface area contributed by atoms with Gasteiger partial charge >= 0.3 is 0 Å². The average Bonchev–Trinajstić information content (AvgIpc) is 2.52. The van der Waals surface area contributed by atoms with Gasteiger partial charge in [-0.2, -0.15) is 5.10 Å². The van der Waals surface area contributed by atoms with Crippen molar-refractivity contribution in [2.45, 2.75) is 32.4 Å². The molecule has 0 aliphatic heterocycles. The molecule has 1 aromatic rings. The second kappa shape index (κ2) is 5.28. The number of aromatic nitrogens is 2. The third-order valence-electron chi connectivity index (χ3n) is 3.77. The zero-order chi connectivity index (χ0) is 13.3. The Morgan fingerprint density at radius 3 is 2.72 bits per heavy atom. The first-order valence-electron chi connectivity index (χ1n) is 6.59. The van der Waals surface area contributed by atoms with Gasteiger partial charge in [0, 0.05) is 32.7 Å². The van der Waals surface area contributed by atoms with Gasteiger partial charge in [-0.25, -0.2) is 0 Å². The third kappa shape index (κ3) is 2.52. The minimum absolute atomic E-state index is 0.0755. The molecule has 0 radical (unpaired) electrons. The average molecular weight is 252 g/mol. The Kier molecular flexibility index (Phi) is 3.92. The van der Waals surface area contributed by atoms with Crippen molar-refractivity contribution in [2.24, 2.45) is 13.0 Å². The lowest BCUT2D eigenvalue weighted by Gasteiger charge is -2.35. The largest absolute Gasteiger partial charge is 0.393 e. The molecule has 5 nitrogen and oxygen atoms in total. The van der Waals surface area contributed by atoms with E-state index in [4.69, 9.17) is 0 Å². The predicted molar refractivity (Wildman–Crippen MR) is 72.7 cm³/mol. The zero-order valence-corrected chi connectivity index (χ0v) is 11.8. The van der Waals surface area contributed by atoms with Crippen molar-refractivity contribution in [3.63, 3.8) is 0 Å². The Morgan fingerprint density at radius 1 is 1.50 bits per heavy atom. The van der Waals surface area contributed by atoms with Gasteiger partial charge in [-0.15, -0.1) is 0 Å². The highest BCUT2D eigenvalue weighted by Crippen LogP contribution is 2.30. The fraction of sp³-hybridized carbons (Fsp3) is 0.769. The van der Waals surface area contributed by atoms with Gasteiger partial charge in [0.1, 0.15) is 5.82 Å². The Morgan fingerprint density at radius 2 is 2.17 bits per heavy atom. The molecule has 1 fully saturated rings. The number of hydrogen-bond acceptors (Lipinski definition) is 4. The van der Waals surface area contributed by atoms with Crippen molar-refractivity contribution in [2.75, 3.05) is 25.5 Å². The number of rotatable bonds is 5. The van der Waals surface area contributed by atoms with E-state index in [-0.39, 0.29) is 6.10 Å². The first kappa shape index (κ1) is 13.4. The number of nitrogens with one attached hydrogen (secondary N) is 1. The van der Waals surface area contributed by atoms with Crippen LogP contribution in [0.2, 0.25) is 0 Å². The molecule has 0 spiro atoms. The van der Waals surface area contributed by atoms with Crippen LogP contribution >= 0.6 is 0 Å². The highest BCUT2D eigenvalue weighted by Gasteiger charge is 2.29. The number of aliphatic hydroxyl groups is 1. The fourth-order valence-electron chi connectivity index (χ4n) is 2.87. The molecule has 102 valence electrons. The molecule has 1 aliphatic rings. The van der Waals surface area contributed by atoms with Crippen molar-refractivity contribution in [1.29, 1.82) is 0 Å². The van der Waals surface area contributed by atoms with E-state index in [1.807, 2.05) is 18.8 Å². The summed E-state index contributed by atoms with van der Waals surface area (Å²) in [5.74, 6) is 1.80. The fourth-order valence-corrected chi connectivity index (χ4v) is 2.87. The zero-order valence-electron chi connectivity index (χ0n) is 11.8. The Bertz CT molecular complexity index is 409. The van der Waals surface area contributed by atoms with E-state index in [2.05, 4.69) is 29.3 Å². The van der Waals surface area contributed by atoms with E-state index in [0.29, 0.717) is 5.92 Å². The second-order valence-electron chi connectivity index (χ2n) is 5.41. The molecule has 0 bridgehead atoms. The van der Waals surface area contributed by atoms with Crippen LogP contribution in [0.4, 0.5) is 5.82 Å². The summed E-state index contributed by atoms with van der Waals surface area (Å²) in [5.41, 5.74) is 2.35. The van der Waals surface area contributed by atoms with Crippen LogP contribution in [-0.2, 0) is 13.6 Å². The van der Waals surface area contributed by atoms with E-state index in [9.17, 15) is 5.11 Å². The van der Waals surface area contributed by atoms with E-state index in [1.165, 1.54) is 11.4 Å². The lowest BCUT2D eigenvalue weighted by atomic mass is 9.82. The first-order valence-corrected chi connectivity index (χ1v) is 6.59. The minimum Gasteiger partial charge on any atom is -0.393 e. The second-order valence-corrected chi connectivity index (χ2v) is 5.41. The van der Waals surface area contributed by atoms with E-state index in [0.717, 1.165) is 31.6 Å². The summed E-state index contributed by atoms with van der Waals surface area (Å²) in [6.45, 7) is 3.89. The molecule has 5 heteroatoms. The van der Waals surface area contributed by atoms with Gasteiger partial charge in [0.05, 0.1) is 11.8 Å². The monoisotopic (exact) mass is 252 g/mol. The van der Waals surface area contributed by atoms with Crippen LogP contribution in [0.15, 0.2) is 0 Å². The third-order valence-corrected chi connectivity index (χ3v) is 3.77. The SMILES string of the molecule is CNCc1c(C)nn(C)c1N(C)CC1CC(O)C1. The summed E-state index contributed by atoms with van der Waals surface area (Å²) in [7, 11) is 6.06. The molecule has 2 N–H and O–H groups in total. The lowest BCUT2D eigenvalue weighted by Crippen LogP contribution is -2.38. The number of aliphatic hydroxyl groups excluding tert-OH is 1. The minimum atomic E-state index is -0.0755. The molecular formula is C13H24N4O. The molecule has 0 aromatic carbocycles. The quantitative estimate of drug-likeness (QED) is 0.808. The van der Waals surface area contributed by atoms with E-state index >= 15 is 0 Å². The normalized spacial score (nSPS) is 22.9. The van der Waals surface area contributed by atoms with Crippen LogP contribution < -0.4 is 10.2 Å². The van der Waals surface area contributed by atoms with Crippen LogP contribution in [0, 0.1) is 12.8 Å². The molecule has 0 amide bonds. The number of aryl methyl sites for hydroxylation is 2. The van der Waals surface area contributed by atoms with Gasteiger partial charge in [-0.1, -0.05) is 0 Å². The van der Waals surface area contributed by atoms with E-state index < -0.39 is 0 Å². The van der Waals surface area contributed by atoms with Crippen LogP contribution in [0.5, 0.6) is 0 Å². The Balaban J connectivity index is 2.10. The number of hydrogen-bond donors (Lipinski definition) is 2. The maximum absolute atomic E-state index is 9.35. The summed E-state index contributed by atoms with van der Waals surface area (Å²) < 4.78 is 1.96. The first-order chi connectivity index (χ1) is 8.52. The summed E-state index contributed by atoms with van der Waals surface area (Å²) in [4.78, 5) is 2.27. The van der Waals surface area contributed by atoms with Crippen LogP contribution in [0.25, 0.3) is 0 Å². The maximum Gasteiger partial charge on any atom is 0.131 e. The van der Waals surface area contributed by atoms with Gasteiger partial charge in [0.25, 0.3) is 0 Å². The Labute approximate surface area is 109 Å². The van der Waals surface area contributed by atoms with Crippen LogP contribution in [-0.4, -0.2) is 41.6 Å². The van der Waals surface area contributed by atoms with Gasteiger partial charge in [0.15, 0.2) is 0 Å². The molecule has 1 aromatic heterocycles. The topological polar surface area (TPSA) is 53.3 Å². The smallest absolute Gasteiger partial charge is 0.131 e. The summed E-state index contributed by atoms with van der Waals surface area (Å²) in [5, 5.41) is 17.1. The Hall–Kier alpha value is -1.07. The predicted octanol–water partition coefficient (Wildman–Crippen LogP) is 0.655. The van der Waals surface area contributed by atoms with Crippen molar-refractivity contribution in [1.82, 2.24) is 15.1 Å². The summed E-state index contributed by atoms with van der Waals surface area (Å²) >= 11 is 0. The number of anilines is 1. The van der Waals surface area contributed by atoms with Gasteiger partial charge in [-0.3, -0.25) is 4.68 Å². The molecule has 1 aliphatic carbocycles. The molecule has 0 atom stereocenters. The molecule has 18 heavy (non-hydrogen) atoms. The van der Waals surface area contributed by atoms with Crippen molar-refractivity contribution < 1.29 is 5.11 Å². The van der Waals surface area contributed by atoms with Gasteiger partial charge in [-0.05, 0) is 32.7 Å². The molecule has 1 heterocycles.